The van der Waals surface area contributed by atoms with Crippen LogP contribution in [0.3, 0.4) is 0 Å². The topological polar surface area (TPSA) is 46.6 Å². The highest BCUT2D eigenvalue weighted by Crippen LogP contribution is 2.35. The first-order valence-electron chi connectivity index (χ1n) is 6.80. The fourth-order valence-corrected chi connectivity index (χ4v) is 3.81. The monoisotopic (exact) mass is 289 g/mol. The van der Waals surface area contributed by atoms with Gasteiger partial charge in [0, 0.05) is 20.2 Å². The Morgan fingerprint density at radius 2 is 1.89 bits per heavy atom. The molecule has 0 aromatic heterocycles. The second-order valence-corrected chi connectivity index (χ2v) is 8.93. The maximum absolute atomic E-state index is 12.3. The molecular weight excluding hydrogens is 262 g/mol. The van der Waals surface area contributed by atoms with Gasteiger partial charge >= 0.3 is 0 Å². The highest BCUT2D eigenvalue weighted by Gasteiger charge is 2.33. The van der Waals surface area contributed by atoms with Gasteiger partial charge in [-0.25, -0.2) is 8.42 Å². The van der Waals surface area contributed by atoms with Gasteiger partial charge in [-0.3, -0.25) is 0 Å². The molecule has 5 heteroatoms. The van der Waals surface area contributed by atoms with Crippen molar-refractivity contribution < 1.29 is 13.2 Å². The number of hydrogen-bond acceptors (Lipinski definition) is 3. The Kier molecular flexibility index (Phi) is 5.21. The number of sulfonamides is 1. The summed E-state index contributed by atoms with van der Waals surface area (Å²) in [6.45, 7) is 11.5. The Bertz CT molecular complexity index is 444. The maximum Gasteiger partial charge on any atom is 0.216 e. The molecule has 1 rings (SSSR count). The Hall–Kier alpha value is -0.390. The lowest BCUT2D eigenvalue weighted by Gasteiger charge is -2.36. The molecule has 0 atom stereocenters. The van der Waals surface area contributed by atoms with E-state index in [0.717, 1.165) is 12.0 Å². The molecule has 0 saturated carbocycles. The molecule has 1 aliphatic rings. The van der Waals surface area contributed by atoms with E-state index >= 15 is 0 Å². The second kappa shape index (κ2) is 5.94. The van der Waals surface area contributed by atoms with Crippen LogP contribution in [0.15, 0.2) is 11.1 Å². The van der Waals surface area contributed by atoms with Gasteiger partial charge in [-0.05, 0) is 31.3 Å². The maximum atomic E-state index is 12.3. The molecule has 0 amide bonds. The van der Waals surface area contributed by atoms with Gasteiger partial charge in [0.2, 0.25) is 10.0 Å². The number of rotatable bonds is 4. The van der Waals surface area contributed by atoms with E-state index in [0.29, 0.717) is 19.7 Å². The number of methoxy groups -OCH3 is 1. The molecule has 1 heterocycles. The summed E-state index contributed by atoms with van der Waals surface area (Å²) >= 11 is 0. The van der Waals surface area contributed by atoms with E-state index in [1.165, 1.54) is 5.57 Å². The summed E-state index contributed by atoms with van der Waals surface area (Å²) in [6, 6.07) is 0. The minimum atomic E-state index is -3.18. The van der Waals surface area contributed by atoms with Gasteiger partial charge in [0.25, 0.3) is 0 Å². The number of hydrogen-bond donors (Lipinski definition) is 0. The van der Waals surface area contributed by atoms with Crippen LogP contribution in [0.1, 0.15) is 41.0 Å². The molecule has 0 N–H and O–H groups in total. The molecule has 0 aliphatic carbocycles. The van der Waals surface area contributed by atoms with E-state index in [1.807, 2.05) is 0 Å². The second-order valence-electron chi connectivity index (χ2n) is 6.44. The van der Waals surface area contributed by atoms with Crippen LogP contribution in [0, 0.1) is 5.41 Å². The third-order valence-corrected chi connectivity index (χ3v) is 5.81. The standard InChI is InChI=1S/C14H27NO3S/c1-11(2)19(16,17)15-8-7-13(14(3,4)5)12(9-15)10-18-6/h11H,7-10H2,1-6H3. The van der Waals surface area contributed by atoms with Crippen molar-refractivity contribution in [2.24, 2.45) is 5.41 Å². The molecule has 4 nitrogen and oxygen atoms in total. The average Bonchev–Trinajstić information content (AvgIpc) is 2.27. The lowest BCUT2D eigenvalue weighted by molar-refractivity contribution is 0.212. The van der Waals surface area contributed by atoms with Crippen molar-refractivity contribution >= 4 is 10.0 Å². The van der Waals surface area contributed by atoms with Crippen molar-refractivity contribution in [3.05, 3.63) is 11.1 Å². The van der Waals surface area contributed by atoms with Crippen molar-refractivity contribution in [3.63, 3.8) is 0 Å². The SMILES string of the molecule is COCC1=C(C(C)(C)C)CCN(S(=O)(=O)C(C)C)C1. The largest absolute Gasteiger partial charge is 0.380 e. The Morgan fingerprint density at radius 3 is 2.32 bits per heavy atom. The van der Waals surface area contributed by atoms with Crippen molar-refractivity contribution in [1.82, 2.24) is 4.31 Å². The fourth-order valence-electron chi connectivity index (χ4n) is 2.53. The van der Waals surface area contributed by atoms with Crippen molar-refractivity contribution in [2.75, 3.05) is 26.8 Å². The molecule has 0 saturated heterocycles. The van der Waals surface area contributed by atoms with Gasteiger partial charge < -0.3 is 4.74 Å². The van der Waals surface area contributed by atoms with Crippen LogP contribution in [-0.4, -0.2) is 44.8 Å². The van der Waals surface area contributed by atoms with E-state index in [2.05, 4.69) is 20.8 Å². The molecule has 0 fully saturated rings. The summed E-state index contributed by atoms with van der Waals surface area (Å²) in [5.74, 6) is 0. The molecule has 0 spiro atoms. The van der Waals surface area contributed by atoms with Crippen LogP contribution >= 0.6 is 0 Å². The molecule has 112 valence electrons. The predicted molar refractivity (Wildman–Crippen MR) is 78.6 cm³/mol. The number of ether oxygens (including phenoxy) is 1. The minimum absolute atomic E-state index is 0.0710. The Labute approximate surface area is 117 Å². The molecule has 0 aromatic rings. The fraction of sp³-hybridized carbons (Fsp3) is 0.857. The molecule has 0 bridgehead atoms. The average molecular weight is 289 g/mol. The first-order valence-corrected chi connectivity index (χ1v) is 8.30. The zero-order valence-electron chi connectivity index (χ0n) is 13.0. The third-order valence-electron chi connectivity index (χ3n) is 3.58. The van der Waals surface area contributed by atoms with Crippen molar-refractivity contribution in [3.8, 4) is 0 Å². The summed E-state index contributed by atoms with van der Waals surface area (Å²) in [4.78, 5) is 0. The van der Waals surface area contributed by atoms with Crippen LogP contribution < -0.4 is 0 Å². The summed E-state index contributed by atoms with van der Waals surface area (Å²) < 4.78 is 31.4. The first-order chi connectivity index (χ1) is 8.60. The first kappa shape index (κ1) is 16.7. The van der Waals surface area contributed by atoms with E-state index in [9.17, 15) is 8.42 Å². The van der Waals surface area contributed by atoms with Crippen molar-refractivity contribution in [2.45, 2.75) is 46.3 Å². The quantitative estimate of drug-likeness (QED) is 0.747. The molecular formula is C14H27NO3S. The van der Waals surface area contributed by atoms with Gasteiger partial charge in [-0.2, -0.15) is 4.31 Å². The van der Waals surface area contributed by atoms with Gasteiger partial charge in [0.1, 0.15) is 0 Å². The normalized spacial score (nSPS) is 19.3. The van der Waals surface area contributed by atoms with E-state index < -0.39 is 10.0 Å². The zero-order valence-corrected chi connectivity index (χ0v) is 13.8. The molecule has 0 unspecified atom stereocenters. The summed E-state index contributed by atoms with van der Waals surface area (Å²) in [5, 5.41) is -0.368. The van der Waals surface area contributed by atoms with Crippen LogP contribution in [0.4, 0.5) is 0 Å². The lowest BCUT2D eigenvalue weighted by atomic mass is 9.80. The van der Waals surface area contributed by atoms with Gasteiger partial charge in [-0.1, -0.05) is 26.3 Å². The van der Waals surface area contributed by atoms with Gasteiger partial charge in [0.05, 0.1) is 11.9 Å². The van der Waals surface area contributed by atoms with E-state index in [4.69, 9.17) is 4.74 Å². The van der Waals surface area contributed by atoms with Gasteiger partial charge in [-0.15, -0.1) is 0 Å². The van der Waals surface area contributed by atoms with Crippen LogP contribution in [0.5, 0.6) is 0 Å². The third kappa shape index (κ3) is 3.80. The highest BCUT2D eigenvalue weighted by molar-refractivity contribution is 7.89. The van der Waals surface area contributed by atoms with E-state index in [1.54, 1.807) is 25.3 Å². The summed E-state index contributed by atoms with van der Waals surface area (Å²) in [5.41, 5.74) is 2.52. The predicted octanol–water partition coefficient (Wildman–Crippen LogP) is 2.42. The molecule has 19 heavy (non-hydrogen) atoms. The van der Waals surface area contributed by atoms with Crippen molar-refractivity contribution in [1.29, 1.82) is 0 Å². The zero-order chi connectivity index (χ0) is 14.8. The summed E-state index contributed by atoms with van der Waals surface area (Å²) in [6.07, 6.45) is 0.800. The smallest absolute Gasteiger partial charge is 0.216 e. The van der Waals surface area contributed by atoms with Crippen LogP contribution in [-0.2, 0) is 14.8 Å². The van der Waals surface area contributed by atoms with Crippen LogP contribution in [0.2, 0.25) is 0 Å². The molecule has 0 aromatic carbocycles. The van der Waals surface area contributed by atoms with Gasteiger partial charge in [0.15, 0.2) is 0 Å². The number of nitrogens with zero attached hydrogens (tertiary/aromatic N) is 1. The Balaban J connectivity index is 3.06. The summed E-state index contributed by atoms with van der Waals surface area (Å²) in [7, 11) is -1.52. The lowest BCUT2D eigenvalue weighted by Crippen LogP contribution is -2.42. The van der Waals surface area contributed by atoms with Crippen LogP contribution in [0.25, 0.3) is 0 Å². The van der Waals surface area contributed by atoms with E-state index in [-0.39, 0.29) is 10.7 Å². The molecule has 0 radical (unpaired) electrons. The Morgan fingerprint density at radius 1 is 1.32 bits per heavy atom. The molecule has 1 aliphatic heterocycles. The highest BCUT2D eigenvalue weighted by atomic mass is 32.2. The minimum Gasteiger partial charge on any atom is -0.380 e.